The van der Waals surface area contributed by atoms with Crippen molar-refractivity contribution in [2.75, 3.05) is 6.54 Å². The van der Waals surface area contributed by atoms with Gasteiger partial charge in [-0.2, -0.15) is 0 Å². The summed E-state index contributed by atoms with van der Waals surface area (Å²) >= 11 is 0. The maximum atomic E-state index is 12.9. The molecule has 1 amide bonds. The molecule has 0 unspecified atom stereocenters. The molecule has 2 aromatic carbocycles. The van der Waals surface area contributed by atoms with Gasteiger partial charge in [0.2, 0.25) is 0 Å². The first-order valence-corrected chi connectivity index (χ1v) is 9.34. The van der Waals surface area contributed by atoms with Crippen LogP contribution in [0, 0.1) is 0 Å². The van der Waals surface area contributed by atoms with Gasteiger partial charge < -0.3 is 9.64 Å². The molecule has 3 nitrogen and oxygen atoms in total. The lowest BCUT2D eigenvalue weighted by Crippen LogP contribution is -2.48. The maximum absolute atomic E-state index is 12.9. The number of carbonyl (C=O) groups excluding carboxylic acids is 1. The number of carbonyl (C=O) groups is 1. The van der Waals surface area contributed by atoms with Crippen LogP contribution in [-0.2, 0) is 10.3 Å². The third-order valence-corrected chi connectivity index (χ3v) is 5.39. The SMILES string of the molecule is C=CC[C@@]1(c2ccccc2)CCN([C@@H](C)c2ccc(BC)cc2)C(=O)O1. The van der Waals surface area contributed by atoms with Crippen LogP contribution in [0.1, 0.15) is 36.9 Å². The van der Waals surface area contributed by atoms with E-state index < -0.39 is 5.60 Å². The normalized spacial score (nSPS) is 21.0. The summed E-state index contributed by atoms with van der Waals surface area (Å²) in [6, 6.07) is 18.5. The fourth-order valence-corrected chi connectivity index (χ4v) is 3.67. The Balaban J connectivity index is 1.80. The molecule has 1 fully saturated rings. The molecule has 1 aliphatic rings. The van der Waals surface area contributed by atoms with Crippen LogP contribution in [0.4, 0.5) is 4.79 Å². The molecule has 0 bridgehead atoms. The van der Waals surface area contributed by atoms with Crippen molar-refractivity contribution >= 4 is 18.8 Å². The molecule has 0 spiro atoms. The van der Waals surface area contributed by atoms with Crippen molar-refractivity contribution < 1.29 is 9.53 Å². The van der Waals surface area contributed by atoms with Gasteiger partial charge in [0.25, 0.3) is 0 Å². The number of hydrogen-bond acceptors (Lipinski definition) is 2. The zero-order chi connectivity index (χ0) is 18.6. The Bertz CT molecular complexity index is 759. The van der Waals surface area contributed by atoms with Crippen LogP contribution in [0.25, 0.3) is 0 Å². The van der Waals surface area contributed by atoms with Crippen LogP contribution in [0.3, 0.4) is 0 Å². The summed E-state index contributed by atoms with van der Waals surface area (Å²) in [4.78, 5) is 14.7. The van der Waals surface area contributed by atoms with Crippen LogP contribution >= 0.6 is 0 Å². The molecule has 2 aromatic rings. The van der Waals surface area contributed by atoms with Gasteiger partial charge in [0.15, 0.2) is 7.28 Å². The Kier molecular flexibility index (Phi) is 5.50. The molecule has 0 aromatic heterocycles. The fourth-order valence-electron chi connectivity index (χ4n) is 3.67. The first-order chi connectivity index (χ1) is 12.6. The zero-order valence-corrected chi connectivity index (χ0v) is 15.7. The number of ether oxygens (including phenoxy) is 1. The molecule has 3 rings (SSSR count). The van der Waals surface area contributed by atoms with Gasteiger partial charge in [-0.15, -0.1) is 6.58 Å². The minimum Gasteiger partial charge on any atom is -0.437 e. The molecule has 134 valence electrons. The highest BCUT2D eigenvalue weighted by atomic mass is 16.6. The topological polar surface area (TPSA) is 29.5 Å². The number of rotatable bonds is 6. The highest BCUT2D eigenvalue weighted by molar-refractivity contribution is 6.51. The zero-order valence-electron chi connectivity index (χ0n) is 15.7. The third-order valence-electron chi connectivity index (χ3n) is 5.39. The van der Waals surface area contributed by atoms with E-state index >= 15 is 0 Å². The molecule has 0 saturated carbocycles. The summed E-state index contributed by atoms with van der Waals surface area (Å²) in [5.41, 5.74) is 2.86. The van der Waals surface area contributed by atoms with Crippen molar-refractivity contribution in [2.45, 2.75) is 38.2 Å². The number of nitrogens with zero attached hydrogens (tertiary/aromatic N) is 1. The van der Waals surface area contributed by atoms with Crippen molar-refractivity contribution in [1.29, 1.82) is 0 Å². The maximum Gasteiger partial charge on any atom is 0.411 e. The summed E-state index contributed by atoms with van der Waals surface area (Å²) in [5, 5.41) is 0. The molecular weight excluding hydrogens is 321 g/mol. The average Bonchev–Trinajstić information content (AvgIpc) is 2.68. The predicted molar refractivity (Wildman–Crippen MR) is 108 cm³/mol. The van der Waals surface area contributed by atoms with Crippen molar-refractivity contribution in [3.63, 3.8) is 0 Å². The van der Waals surface area contributed by atoms with Gasteiger partial charge in [-0.1, -0.05) is 73.0 Å². The smallest absolute Gasteiger partial charge is 0.411 e. The molecule has 0 aliphatic carbocycles. The molecule has 1 aliphatic heterocycles. The largest absolute Gasteiger partial charge is 0.437 e. The predicted octanol–water partition coefficient (Wildman–Crippen LogP) is 4.17. The summed E-state index contributed by atoms with van der Waals surface area (Å²) in [6.07, 6.45) is 2.96. The van der Waals surface area contributed by atoms with Crippen LogP contribution < -0.4 is 5.46 Å². The Morgan fingerprint density at radius 2 is 1.92 bits per heavy atom. The summed E-state index contributed by atoms with van der Waals surface area (Å²) in [6.45, 7) is 8.73. The van der Waals surface area contributed by atoms with Crippen LogP contribution in [0.15, 0.2) is 67.3 Å². The van der Waals surface area contributed by atoms with Gasteiger partial charge in [-0.25, -0.2) is 4.79 Å². The lowest BCUT2D eigenvalue weighted by molar-refractivity contribution is -0.0588. The van der Waals surface area contributed by atoms with Crippen molar-refractivity contribution in [1.82, 2.24) is 4.90 Å². The first kappa shape index (κ1) is 18.3. The van der Waals surface area contributed by atoms with Crippen LogP contribution in [0.5, 0.6) is 0 Å². The molecule has 4 heteroatoms. The number of benzene rings is 2. The van der Waals surface area contributed by atoms with Crippen molar-refractivity contribution in [3.05, 3.63) is 78.4 Å². The summed E-state index contributed by atoms with van der Waals surface area (Å²) in [5.74, 6) is 0. The van der Waals surface area contributed by atoms with E-state index in [1.54, 1.807) is 0 Å². The Morgan fingerprint density at radius 1 is 1.23 bits per heavy atom. The molecule has 2 atom stereocenters. The van der Waals surface area contributed by atoms with E-state index in [0.29, 0.717) is 13.0 Å². The second kappa shape index (κ2) is 7.82. The van der Waals surface area contributed by atoms with Crippen LogP contribution in [0.2, 0.25) is 6.82 Å². The quantitative estimate of drug-likeness (QED) is 0.580. The minimum absolute atomic E-state index is 0.00842. The van der Waals surface area contributed by atoms with Gasteiger partial charge in [0.05, 0.1) is 6.04 Å². The summed E-state index contributed by atoms with van der Waals surface area (Å²) < 4.78 is 6.02. The summed E-state index contributed by atoms with van der Waals surface area (Å²) in [7, 11) is 1.02. The highest BCUT2D eigenvalue weighted by Crippen LogP contribution is 2.39. The van der Waals surface area contributed by atoms with E-state index in [-0.39, 0.29) is 12.1 Å². The van der Waals surface area contributed by atoms with Gasteiger partial charge in [0, 0.05) is 19.4 Å². The van der Waals surface area contributed by atoms with E-state index in [4.69, 9.17) is 4.74 Å². The van der Waals surface area contributed by atoms with E-state index in [0.717, 1.165) is 24.8 Å². The lowest BCUT2D eigenvalue weighted by atomic mass is 9.73. The van der Waals surface area contributed by atoms with Crippen LogP contribution in [-0.4, -0.2) is 24.8 Å². The van der Waals surface area contributed by atoms with Crippen molar-refractivity contribution in [3.8, 4) is 0 Å². The molecule has 26 heavy (non-hydrogen) atoms. The number of cyclic esters (lactones) is 1. The van der Waals surface area contributed by atoms with Crippen molar-refractivity contribution in [2.24, 2.45) is 0 Å². The molecular formula is C22H26BNO2. The number of hydrogen-bond donors (Lipinski definition) is 0. The second-order valence-corrected chi connectivity index (χ2v) is 6.94. The minimum atomic E-state index is -0.609. The molecule has 0 radical (unpaired) electrons. The second-order valence-electron chi connectivity index (χ2n) is 6.94. The molecule has 1 saturated heterocycles. The Hall–Kier alpha value is -2.49. The monoisotopic (exact) mass is 347 g/mol. The van der Waals surface area contributed by atoms with E-state index in [9.17, 15) is 4.79 Å². The van der Waals surface area contributed by atoms with E-state index in [1.807, 2.05) is 41.3 Å². The Morgan fingerprint density at radius 3 is 2.50 bits per heavy atom. The lowest BCUT2D eigenvalue weighted by Gasteiger charge is -2.43. The third kappa shape index (κ3) is 3.55. The first-order valence-electron chi connectivity index (χ1n) is 9.34. The highest BCUT2D eigenvalue weighted by Gasteiger charge is 2.42. The van der Waals surface area contributed by atoms with Gasteiger partial charge in [-0.3, -0.25) is 0 Å². The van der Waals surface area contributed by atoms with Gasteiger partial charge in [-0.05, 0) is 18.1 Å². The fraction of sp³-hybridized carbons (Fsp3) is 0.318. The standard InChI is InChI=1S/C22H26BNO2/c1-4-14-22(19-8-6-5-7-9-19)15-16-24(21(25)26-22)17(2)18-10-12-20(23-3)13-11-18/h4-13,17,23H,1,14-16H2,2-3H3/t17-,22-/m0/s1. The van der Waals surface area contributed by atoms with Gasteiger partial charge in [0.1, 0.15) is 5.60 Å². The van der Waals surface area contributed by atoms with E-state index in [1.165, 1.54) is 5.46 Å². The number of amides is 1. The van der Waals surface area contributed by atoms with Gasteiger partial charge >= 0.3 is 6.09 Å². The Labute approximate surface area is 156 Å². The molecule has 0 N–H and O–H groups in total. The molecule has 1 heterocycles. The van der Waals surface area contributed by atoms with E-state index in [2.05, 4.69) is 44.6 Å². The average molecular weight is 347 g/mol.